The third-order valence-electron chi connectivity index (χ3n) is 6.26. The molecule has 1 fully saturated rings. The summed E-state index contributed by atoms with van der Waals surface area (Å²) in [5.74, 6) is 0.506. The predicted octanol–water partition coefficient (Wildman–Crippen LogP) is 5.68. The van der Waals surface area contributed by atoms with E-state index in [1.807, 2.05) is 43.3 Å². The Labute approximate surface area is 202 Å². The highest BCUT2D eigenvalue weighted by molar-refractivity contribution is 5.60. The van der Waals surface area contributed by atoms with Crippen molar-refractivity contribution in [3.05, 3.63) is 83.7 Å². The molecule has 2 aromatic carbocycles. The van der Waals surface area contributed by atoms with E-state index in [1.165, 1.54) is 12.1 Å². The predicted molar refractivity (Wildman–Crippen MR) is 128 cm³/mol. The van der Waals surface area contributed by atoms with Crippen molar-refractivity contribution in [2.75, 3.05) is 19.7 Å². The van der Waals surface area contributed by atoms with Gasteiger partial charge < -0.3 is 9.26 Å². The summed E-state index contributed by atoms with van der Waals surface area (Å²) in [4.78, 5) is 11.0. The van der Waals surface area contributed by atoms with Crippen molar-refractivity contribution in [1.29, 1.82) is 0 Å². The lowest BCUT2D eigenvalue weighted by molar-refractivity contribution is 0.136. The van der Waals surface area contributed by atoms with Gasteiger partial charge in [-0.1, -0.05) is 17.3 Å². The fourth-order valence-electron chi connectivity index (χ4n) is 4.20. The number of aromatic nitrogens is 3. The number of likely N-dealkylation sites (tertiary alicyclic amines) is 1. The molecule has 0 atom stereocenters. The van der Waals surface area contributed by atoms with Gasteiger partial charge >= 0.3 is 0 Å². The molecule has 1 aliphatic rings. The Balaban J connectivity index is 1.14. The maximum absolute atomic E-state index is 13.5. The number of piperidine rings is 1. The van der Waals surface area contributed by atoms with Gasteiger partial charge in [0.15, 0.2) is 11.6 Å². The summed E-state index contributed by atoms with van der Waals surface area (Å²) in [7, 11) is 0. The second kappa shape index (κ2) is 10.3. The summed E-state index contributed by atoms with van der Waals surface area (Å²) < 4.78 is 38.2. The van der Waals surface area contributed by atoms with Crippen molar-refractivity contribution in [3.8, 4) is 28.6 Å². The Bertz CT molecular complexity index is 1280. The number of hydrogen-bond acceptors (Lipinski definition) is 6. The van der Waals surface area contributed by atoms with Gasteiger partial charge in [0, 0.05) is 29.6 Å². The van der Waals surface area contributed by atoms with E-state index in [2.05, 4.69) is 20.0 Å². The molecule has 0 amide bonds. The van der Waals surface area contributed by atoms with E-state index in [1.54, 1.807) is 12.3 Å². The van der Waals surface area contributed by atoms with Crippen LogP contribution in [-0.4, -0.2) is 39.7 Å². The number of aryl methyl sites for hydroxylation is 1. The minimum absolute atomic E-state index is 0.427. The highest BCUT2D eigenvalue weighted by Gasteiger charge is 2.20. The first kappa shape index (κ1) is 23.1. The van der Waals surface area contributed by atoms with Crippen LogP contribution < -0.4 is 4.74 Å². The maximum atomic E-state index is 13.5. The second-order valence-electron chi connectivity index (χ2n) is 8.92. The van der Waals surface area contributed by atoms with Crippen molar-refractivity contribution in [3.63, 3.8) is 0 Å². The van der Waals surface area contributed by atoms with Crippen LogP contribution in [0.3, 0.4) is 0 Å². The summed E-state index contributed by atoms with van der Waals surface area (Å²) >= 11 is 0. The Hall–Kier alpha value is -3.65. The van der Waals surface area contributed by atoms with Gasteiger partial charge in [-0.2, -0.15) is 4.98 Å². The normalized spacial score (nSPS) is 14.8. The first-order valence-corrected chi connectivity index (χ1v) is 11.7. The minimum atomic E-state index is -0.809. The number of hydrogen-bond donors (Lipinski definition) is 0. The van der Waals surface area contributed by atoms with Crippen LogP contribution in [0.2, 0.25) is 0 Å². The molecule has 0 unspecified atom stereocenters. The molecule has 180 valence electrons. The fraction of sp³-hybridized carbons (Fsp3) is 0.296. The van der Waals surface area contributed by atoms with Crippen LogP contribution in [0, 0.1) is 24.5 Å². The molecule has 0 radical (unpaired) electrons. The van der Waals surface area contributed by atoms with Gasteiger partial charge in [-0.3, -0.25) is 9.88 Å². The molecule has 4 aromatic rings. The van der Waals surface area contributed by atoms with E-state index >= 15 is 0 Å². The molecule has 35 heavy (non-hydrogen) atoms. The zero-order valence-electron chi connectivity index (χ0n) is 19.5. The van der Waals surface area contributed by atoms with Crippen LogP contribution in [0.25, 0.3) is 22.8 Å². The number of nitrogens with zero attached hydrogens (tertiary/aromatic N) is 4. The van der Waals surface area contributed by atoms with Crippen molar-refractivity contribution >= 4 is 0 Å². The molecule has 2 aromatic heterocycles. The SMILES string of the molecule is Cc1ccc(-c2noc(-c3cccc(OCC4CCN(Cc5ccc(F)c(F)c5)CC4)c3)n2)cn1. The number of halogens is 2. The van der Waals surface area contributed by atoms with E-state index < -0.39 is 11.6 Å². The average Bonchev–Trinajstić information content (AvgIpc) is 3.37. The number of rotatable bonds is 7. The molecular formula is C27H26F2N4O2. The zero-order chi connectivity index (χ0) is 24.2. The number of ether oxygens (including phenoxy) is 1. The summed E-state index contributed by atoms with van der Waals surface area (Å²) in [5, 5.41) is 4.08. The van der Waals surface area contributed by atoms with Crippen molar-refractivity contribution in [2.45, 2.75) is 26.3 Å². The van der Waals surface area contributed by atoms with Gasteiger partial charge in [-0.05, 0) is 86.8 Å². The van der Waals surface area contributed by atoms with Gasteiger partial charge in [0.1, 0.15) is 5.75 Å². The topological polar surface area (TPSA) is 64.3 Å². The van der Waals surface area contributed by atoms with Gasteiger partial charge in [-0.25, -0.2) is 8.78 Å². The molecule has 5 rings (SSSR count). The lowest BCUT2D eigenvalue weighted by atomic mass is 9.97. The molecule has 1 saturated heterocycles. The first-order valence-electron chi connectivity index (χ1n) is 11.7. The van der Waals surface area contributed by atoms with E-state index in [4.69, 9.17) is 9.26 Å². The average molecular weight is 477 g/mol. The Morgan fingerprint density at radius 2 is 1.86 bits per heavy atom. The standard InChI is InChI=1S/C27H26F2N4O2/c1-18-5-7-22(15-30-18)26-31-27(35-32-26)21-3-2-4-23(14-21)34-17-19-9-11-33(12-10-19)16-20-6-8-24(28)25(29)13-20/h2-8,13-15,19H,9-12,16-17H2,1H3. The summed E-state index contributed by atoms with van der Waals surface area (Å²) in [6, 6.07) is 15.6. The smallest absolute Gasteiger partial charge is 0.258 e. The highest BCUT2D eigenvalue weighted by Crippen LogP contribution is 2.26. The lowest BCUT2D eigenvalue weighted by Gasteiger charge is -2.31. The van der Waals surface area contributed by atoms with Crippen LogP contribution >= 0.6 is 0 Å². The van der Waals surface area contributed by atoms with Gasteiger partial charge in [0.25, 0.3) is 5.89 Å². The molecule has 0 bridgehead atoms. The molecule has 6 nitrogen and oxygen atoms in total. The van der Waals surface area contributed by atoms with E-state index in [-0.39, 0.29) is 0 Å². The molecule has 0 spiro atoms. The summed E-state index contributed by atoms with van der Waals surface area (Å²) in [5.41, 5.74) is 3.31. The van der Waals surface area contributed by atoms with E-state index in [0.717, 1.165) is 54.1 Å². The van der Waals surface area contributed by atoms with Crippen LogP contribution in [-0.2, 0) is 6.54 Å². The number of benzene rings is 2. The summed E-state index contributed by atoms with van der Waals surface area (Å²) in [6.45, 7) is 4.96. The van der Waals surface area contributed by atoms with Gasteiger partial charge in [0.2, 0.25) is 5.82 Å². The molecule has 0 N–H and O–H groups in total. The quantitative estimate of drug-likeness (QED) is 0.342. The summed E-state index contributed by atoms with van der Waals surface area (Å²) in [6.07, 6.45) is 3.70. The van der Waals surface area contributed by atoms with Crippen LogP contribution in [0.1, 0.15) is 24.1 Å². The third-order valence-corrected chi connectivity index (χ3v) is 6.26. The van der Waals surface area contributed by atoms with E-state index in [9.17, 15) is 8.78 Å². The minimum Gasteiger partial charge on any atom is -0.493 e. The lowest BCUT2D eigenvalue weighted by Crippen LogP contribution is -2.35. The van der Waals surface area contributed by atoms with Crippen molar-refractivity contribution < 1.29 is 18.0 Å². The van der Waals surface area contributed by atoms with Crippen molar-refractivity contribution in [2.24, 2.45) is 5.92 Å². The molecule has 8 heteroatoms. The fourth-order valence-corrected chi connectivity index (χ4v) is 4.20. The molecule has 1 aliphatic heterocycles. The molecule has 3 heterocycles. The van der Waals surface area contributed by atoms with Crippen molar-refractivity contribution in [1.82, 2.24) is 20.0 Å². The molecule has 0 aliphatic carbocycles. The Kier molecular flexibility index (Phi) is 6.81. The largest absolute Gasteiger partial charge is 0.493 e. The molecule has 0 saturated carbocycles. The molecular weight excluding hydrogens is 450 g/mol. The second-order valence-corrected chi connectivity index (χ2v) is 8.92. The number of pyridine rings is 1. The monoisotopic (exact) mass is 476 g/mol. The first-order chi connectivity index (χ1) is 17.0. The Morgan fingerprint density at radius 3 is 2.63 bits per heavy atom. The third kappa shape index (κ3) is 5.71. The van der Waals surface area contributed by atoms with Crippen LogP contribution in [0.5, 0.6) is 5.75 Å². The Morgan fingerprint density at radius 1 is 1.00 bits per heavy atom. The van der Waals surface area contributed by atoms with E-state index in [0.29, 0.717) is 30.8 Å². The zero-order valence-corrected chi connectivity index (χ0v) is 19.5. The van der Waals surface area contributed by atoms with Gasteiger partial charge in [0.05, 0.1) is 6.61 Å². The van der Waals surface area contributed by atoms with Gasteiger partial charge in [-0.15, -0.1) is 0 Å². The van der Waals surface area contributed by atoms with Crippen LogP contribution in [0.4, 0.5) is 8.78 Å². The van der Waals surface area contributed by atoms with Crippen LogP contribution in [0.15, 0.2) is 65.3 Å². The maximum Gasteiger partial charge on any atom is 0.258 e. The highest BCUT2D eigenvalue weighted by atomic mass is 19.2.